The molecule has 2 aromatic carbocycles. The molecule has 0 saturated heterocycles. The molecule has 11 heteroatoms. The van der Waals surface area contributed by atoms with Gasteiger partial charge in [-0.3, -0.25) is 0 Å². The van der Waals surface area contributed by atoms with Gasteiger partial charge in [0.25, 0.3) is 0 Å². The molecule has 0 fully saturated rings. The van der Waals surface area contributed by atoms with Gasteiger partial charge in [-0.2, -0.15) is 0 Å². The third-order valence-corrected chi connectivity index (χ3v) is 8.24. The number of imidazole rings is 2. The second kappa shape index (κ2) is 10.1. The van der Waals surface area contributed by atoms with Crippen LogP contribution in [0.2, 0.25) is 0 Å². The Labute approximate surface area is 225 Å². The summed E-state index contributed by atoms with van der Waals surface area (Å²) >= 11 is 14.8. The second-order valence-electron chi connectivity index (χ2n) is 7.32. The number of rotatable bonds is 6. The van der Waals surface area contributed by atoms with Crippen molar-refractivity contribution in [1.82, 2.24) is 13.7 Å². The van der Waals surface area contributed by atoms with E-state index in [1.807, 2.05) is 24.3 Å². The van der Waals surface area contributed by atoms with Crippen molar-refractivity contribution in [2.75, 3.05) is 0 Å². The van der Waals surface area contributed by atoms with Gasteiger partial charge in [-0.25, -0.2) is 9.13 Å². The van der Waals surface area contributed by atoms with Gasteiger partial charge in [-0.05, 0) is 116 Å². The van der Waals surface area contributed by atoms with Gasteiger partial charge in [0, 0.05) is 27.3 Å². The third-order valence-electron chi connectivity index (χ3n) is 5.68. The van der Waals surface area contributed by atoms with E-state index in [1.165, 1.54) is 0 Å². The molecule has 0 saturated carbocycles. The maximum absolute atomic E-state index is 4.62. The van der Waals surface area contributed by atoms with E-state index in [-0.39, 0.29) is 0 Å². The number of aryl methyl sites for hydroxylation is 4. The fourth-order valence-electron chi connectivity index (χ4n) is 4.30. The highest BCUT2D eigenvalue weighted by Crippen LogP contribution is 2.33. The van der Waals surface area contributed by atoms with Gasteiger partial charge in [0.2, 0.25) is 5.62 Å². The number of hydrogen-bond donors (Lipinski definition) is 0. The third kappa shape index (κ3) is 4.08. The van der Waals surface area contributed by atoms with Crippen LogP contribution in [0.25, 0.3) is 22.1 Å². The monoisotopic (exact) mass is 702 g/mol. The van der Waals surface area contributed by atoms with E-state index in [0.717, 1.165) is 77.7 Å². The molecule has 0 aliphatic carbocycles. The lowest BCUT2D eigenvalue weighted by atomic mass is 10.3. The molecule has 0 spiro atoms. The predicted molar refractivity (Wildman–Crippen MR) is 146 cm³/mol. The fraction of sp³-hybridized carbons (Fsp3) is 0.364. The first kappa shape index (κ1) is 24.8. The Morgan fingerprint density at radius 1 is 0.697 bits per heavy atom. The largest absolute Gasteiger partial charge is 0.424 e. The summed E-state index contributed by atoms with van der Waals surface area (Å²) in [5.74, 6) is 0.760. The second-order valence-corrected chi connectivity index (χ2v) is 10.7. The molecule has 174 valence electrons. The van der Waals surface area contributed by atoms with Crippen molar-refractivity contribution in [2.24, 2.45) is 15.4 Å². The average Bonchev–Trinajstić information content (AvgIpc) is 3.32. The zero-order valence-corrected chi connectivity index (χ0v) is 25.1. The Kier molecular flexibility index (Phi) is 7.62. The van der Waals surface area contributed by atoms with Gasteiger partial charge in [-0.15, -0.1) is 0 Å². The smallest absolute Gasteiger partial charge is 0.308 e. The van der Waals surface area contributed by atoms with Crippen molar-refractivity contribution >= 4 is 91.7 Å². The summed E-state index contributed by atoms with van der Waals surface area (Å²) in [6.45, 7) is 11.5. The summed E-state index contributed by atoms with van der Waals surface area (Å²) in [7, 11) is 0. The molecule has 0 bridgehead atoms. The van der Waals surface area contributed by atoms with E-state index in [0.29, 0.717) is 0 Å². The number of halogens is 4. The van der Waals surface area contributed by atoms with E-state index in [9.17, 15) is 0 Å². The standard InChI is InChI=1S/C22H24Br4N7/c1-5-30-17-13(23)9-10-14(24)18(17)31(6-2)21(30)27-29-28-22-32(7-3)19-15(25)11-12-16(26)20(19)33(22)8-4/h9-12H,5-8H2,1-4H3/q+1. The number of hydrogen-bond acceptors (Lipinski definition) is 2. The molecule has 4 aromatic rings. The van der Waals surface area contributed by atoms with E-state index in [2.05, 4.69) is 125 Å². The highest BCUT2D eigenvalue weighted by molar-refractivity contribution is 9.11. The van der Waals surface area contributed by atoms with Crippen LogP contribution < -0.4 is 10.2 Å². The van der Waals surface area contributed by atoms with Crippen molar-refractivity contribution < 1.29 is 4.57 Å². The van der Waals surface area contributed by atoms with Gasteiger partial charge in [-0.1, -0.05) is 5.10 Å². The summed E-state index contributed by atoms with van der Waals surface area (Å²) < 4.78 is 12.7. The minimum Gasteiger partial charge on any atom is -0.308 e. The van der Waals surface area contributed by atoms with Crippen LogP contribution in [-0.4, -0.2) is 13.7 Å². The van der Waals surface area contributed by atoms with Crippen LogP contribution in [0.15, 0.2) is 57.6 Å². The highest BCUT2D eigenvalue weighted by Gasteiger charge is 2.26. The quantitative estimate of drug-likeness (QED) is 0.114. The summed E-state index contributed by atoms with van der Waals surface area (Å²) in [4.78, 5) is 0. The Hall–Kier alpha value is -1.30. The number of benzene rings is 2. The normalized spacial score (nSPS) is 12.0. The average molecular weight is 706 g/mol. The summed E-state index contributed by atoms with van der Waals surface area (Å²) in [5, 5.41) is 13.6. The minimum atomic E-state index is 0.760. The minimum absolute atomic E-state index is 0.760. The summed E-state index contributed by atoms with van der Waals surface area (Å²) in [6, 6.07) is 8.18. The Morgan fingerprint density at radius 2 is 1.18 bits per heavy atom. The van der Waals surface area contributed by atoms with Crippen LogP contribution >= 0.6 is 63.7 Å². The highest BCUT2D eigenvalue weighted by atomic mass is 79.9. The Bertz CT molecular complexity index is 1360. The van der Waals surface area contributed by atoms with Crippen LogP contribution in [0.3, 0.4) is 0 Å². The lowest BCUT2D eigenvalue weighted by Crippen LogP contribution is -2.32. The lowest BCUT2D eigenvalue weighted by molar-refractivity contribution is -0.655. The molecule has 33 heavy (non-hydrogen) atoms. The zero-order chi connectivity index (χ0) is 23.9. The van der Waals surface area contributed by atoms with Crippen LogP contribution in [0, 0.1) is 0 Å². The molecule has 0 radical (unpaired) electrons. The molecule has 0 N–H and O–H groups in total. The van der Waals surface area contributed by atoms with E-state index in [4.69, 9.17) is 0 Å². The molecule has 7 nitrogen and oxygen atoms in total. The molecule has 2 heterocycles. The summed E-state index contributed by atoms with van der Waals surface area (Å²) in [5.41, 5.74) is 5.10. The molecular weight excluding hydrogens is 682 g/mol. The first-order chi connectivity index (χ1) is 15.9. The SMILES string of the molecule is CCn1c(N=NN=c2n(CC)c3c(Br)ccc(Br)c3n2CC)[n+](CC)c2c(Br)ccc(Br)c21. The first-order valence-corrected chi connectivity index (χ1v) is 14.0. The number of nitrogens with zero attached hydrogens (tertiary/aromatic N) is 7. The number of aromatic nitrogens is 4. The zero-order valence-electron chi connectivity index (χ0n) is 18.8. The van der Waals surface area contributed by atoms with Crippen molar-refractivity contribution in [1.29, 1.82) is 0 Å². The van der Waals surface area contributed by atoms with Crippen LogP contribution in [-0.2, 0) is 26.2 Å². The van der Waals surface area contributed by atoms with Crippen molar-refractivity contribution in [3.63, 3.8) is 0 Å². The van der Waals surface area contributed by atoms with Gasteiger partial charge in [0.15, 0.2) is 11.0 Å². The molecule has 0 unspecified atom stereocenters. The molecule has 0 aliphatic heterocycles. The lowest BCUT2D eigenvalue weighted by Gasteiger charge is -2.03. The first-order valence-electron chi connectivity index (χ1n) is 10.8. The van der Waals surface area contributed by atoms with E-state index in [1.54, 1.807) is 0 Å². The van der Waals surface area contributed by atoms with Crippen molar-refractivity contribution in [2.45, 2.75) is 53.9 Å². The Morgan fingerprint density at radius 3 is 1.67 bits per heavy atom. The van der Waals surface area contributed by atoms with E-state index < -0.39 is 0 Å². The van der Waals surface area contributed by atoms with Gasteiger partial charge < -0.3 is 9.13 Å². The maximum atomic E-state index is 4.62. The van der Waals surface area contributed by atoms with Gasteiger partial charge in [0.1, 0.15) is 0 Å². The summed E-state index contributed by atoms with van der Waals surface area (Å²) in [6.07, 6.45) is 0. The topological polar surface area (TPSA) is 55.8 Å². The van der Waals surface area contributed by atoms with Crippen LogP contribution in [0.1, 0.15) is 27.7 Å². The van der Waals surface area contributed by atoms with Crippen molar-refractivity contribution in [3.05, 3.63) is 47.8 Å². The molecule has 2 aromatic heterocycles. The predicted octanol–water partition coefficient (Wildman–Crippen LogP) is 7.41. The number of fused-ring (bicyclic) bond motifs is 2. The van der Waals surface area contributed by atoms with Gasteiger partial charge in [0.05, 0.1) is 38.2 Å². The molecule has 0 atom stereocenters. The molecular formula is C22H24Br4N7+. The van der Waals surface area contributed by atoms with Crippen LogP contribution in [0.4, 0.5) is 5.95 Å². The maximum Gasteiger partial charge on any atom is 0.424 e. The molecule has 0 amide bonds. The fourth-order valence-corrected chi connectivity index (χ4v) is 6.43. The van der Waals surface area contributed by atoms with Crippen molar-refractivity contribution in [3.8, 4) is 0 Å². The Balaban J connectivity index is 1.98. The molecule has 4 rings (SSSR count). The van der Waals surface area contributed by atoms with Crippen LogP contribution in [0.5, 0.6) is 0 Å². The van der Waals surface area contributed by atoms with E-state index >= 15 is 0 Å². The molecule has 0 aliphatic rings. The van der Waals surface area contributed by atoms with Gasteiger partial charge >= 0.3 is 5.95 Å².